The Labute approximate surface area is 156 Å². The largest absolute Gasteiger partial charge is 0.436 e. The van der Waals surface area contributed by atoms with Gasteiger partial charge in [-0.1, -0.05) is 74.7 Å². The van der Waals surface area contributed by atoms with Gasteiger partial charge in [0.15, 0.2) is 16.6 Å². The first-order valence-corrected chi connectivity index (χ1v) is 18.1. The quantitative estimate of drug-likeness (QED) is 0.211. The van der Waals surface area contributed by atoms with Crippen molar-refractivity contribution >= 4 is 25.2 Å². The normalized spacial score (nSPS) is 13.5. The number of hydrogen-bond acceptors (Lipinski definition) is 2. The van der Waals surface area contributed by atoms with Crippen molar-refractivity contribution in [3.05, 3.63) is 0 Å². The van der Waals surface area contributed by atoms with E-state index in [2.05, 4.69) is 55.4 Å². The van der Waals surface area contributed by atoms with Crippen molar-refractivity contribution < 1.29 is 8.23 Å². The van der Waals surface area contributed by atoms with Gasteiger partial charge in [-0.2, -0.15) is 0 Å². The molecule has 0 aliphatic carbocycles. The first-order chi connectivity index (χ1) is 11.4. The van der Waals surface area contributed by atoms with E-state index in [-0.39, 0.29) is 0 Å². The Kier molecular flexibility index (Phi) is 12.3. The van der Waals surface area contributed by atoms with Gasteiger partial charge in [0.2, 0.25) is 0 Å². The summed E-state index contributed by atoms with van der Waals surface area (Å²) in [6, 6.07) is 9.81. The van der Waals surface area contributed by atoms with Crippen molar-refractivity contribution in [2.75, 3.05) is 0 Å². The molecule has 0 N–H and O–H groups in total. The molecule has 24 heavy (non-hydrogen) atoms. The van der Waals surface area contributed by atoms with Gasteiger partial charge in [-0.15, -0.1) is 0 Å². The van der Waals surface area contributed by atoms with E-state index < -0.39 is 25.2 Å². The molecule has 0 unspecified atom stereocenters. The SMILES string of the molecule is CCCCC[Si](CC)(O[Si](CC)(CC)CC)O[Si](CC)(CC)CC. The van der Waals surface area contributed by atoms with Crippen LogP contribution in [0.25, 0.3) is 0 Å². The molecule has 0 spiro atoms. The monoisotopic (exact) mass is 390 g/mol. The third-order valence-corrected chi connectivity index (χ3v) is 22.7. The highest BCUT2D eigenvalue weighted by Gasteiger charge is 2.47. The molecule has 0 heterocycles. The van der Waals surface area contributed by atoms with E-state index in [0.29, 0.717) is 0 Å². The molecule has 0 aromatic heterocycles. The number of hydrogen-bond donors (Lipinski definition) is 0. The fraction of sp³-hybridized carbons (Fsp3) is 1.00. The van der Waals surface area contributed by atoms with Crippen molar-refractivity contribution in [3.63, 3.8) is 0 Å². The molecule has 0 atom stereocenters. The first-order valence-electron chi connectivity index (χ1n) is 10.8. The van der Waals surface area contributed by atoms with Crippen LogP contribution in [0.4, 0.5) is 0 Å². The van der Waals surface area contributed by atoms with Crippen LogP contribution in [0.3, 0.4) is 0 Å². The number of unbranched alkanes of at least 4 members (excludes halogenated alkanes) is 2. The average Bonchev–Trinajstić information content (AvgIpc) is 2.64. The Balaban J connectivity index is 5.61. The van der Waals surface area contributed by atoms with Crippen molar-refractivity contribution in [1.29, 1.82) is 0 Å². The van der Waals surface area contributed by atoms with Gasteiger partial charge in [-0.05, 0) is 48.4 Å². The summed E-state index contributed by atoms with van der Waals surface area (Å²) in [6.07, 6.45) is 3.89. The first kappa shape index (κ1) is 24.6. The molecule has 2 nitrogen and oxygen atoms in total. The van der Waals surface area contributed by atoms with Gasteiger partial charge in [-0.3, -0.25) is 0 Å². The second-order valence-corrected chi connectivity index (χ2v) is 21.0. The van der Waals surface area contributed by atoms with Crippen LogP contribution in [0.1, 0.15) is 74.7 Å². The lowest BCUT2D eigenvalue weighted by atomic mass is 10.3. The van der Waals surface area contributed by atoms with Gasteiger partial charge in [0.25, 0.3) is 0 Å². The van der Waals surface area contributed by atoms with Gasteiger partial charge in [-0.25, -0.2) is 0 Å². The van der Waals surface area contributed by atoms with E-state index in [1.807, 2.05) is 0 Å². The van der Waals surface area contributed by atoms with E-state index >= 15 is 0 Å². The lowest BCUT2D eigenvalue weighted by molar-refractivity contribution is 0.355. The van der Waals surface area contributed by atoms with E-state index in [1.165, 1.54) is 61.6 Å². The fourth-order valence-electron chi connectivity index (χ4n) is 3.81. The Morgan fingerprint density at radius 3 is 1.12 bits per heavy atom. The zero-order chi connectivity index (χ0) is 18.7. The second kappa shape index (κ2) is 12.0. The van der Waals surface area contributed by atoms with Gasteiger partial charge in [0, 0.05) is 0 Å². The van der Waals surface area contributed by atoms with Crippen LogP contribution in [0, 0.1) is 0 Å². The summed E-state index contributed by atoms with van der Waals surface area (Å²) in [5.41, 5.74) is 0. The molecule has 0 aliphatic rings. The molecule has 0 radical (unpaired) electrons. The molecular formula is C19H46O2Si3. The highest BCUT2D eigenvalue weighted by Crippen LogP contribution is 2.36. The van der Waals surface area contributed by atoms with Gasteiger partial charge < -0.3 is 8.23 Å². The summed E-state index contributed by atoms with van der Waals surface area (Å²) in [7, 11) is -5.31. The minimum absolute atomic E-state index is 1.14. The third-order valence-electron chi connectivity index (χ3n) is 6.37. The van der Waals surface area contributed by atoms with Gasteiger partial charge in [0.05, 0.1) is 0 Å². The van der Waals surface area contributed by atoms with Crippen molar-refractivity contribution in [2.45, 2.75) is 123 Å². The molecule has 0 aliphatic heterocycles. The maximum atomic E-state index is 7.22. The Hall–Kier alpha value is 0.571. The molecule has 5 heteroatoms. The summed E-state index contributed by atoms with van der Waals surface area (Å²) in [5.74, 6) is 0. The van der Waals surface area contributed by atoms with Crippen molar-refractivity contribution in [3.8, 4) is 0 Å². The predicted octanol–water partition coefficient (Wildman–Crippen LogP) is 7.68. The van der Waals surface area contributed by atoms with Crippen LogP contribution in [0.15, 0.2) is 0 Å². The minimum atomic E-state index is -2.08. The molecule has 146 valence electrons. The smallest absolute Gasteiger partial charge is 0.317 e. The van der Waals surface area contributed by atoms with Gasteiger partial charge in [0.1, 0.15) is 0 Å². The molecule has 0 rings (SSSR count). The molecule has 0 amide bonds. The Bertz CT molecular complexity index is 277. The van der Waals surface area contributed by atoms with Crippen molar-refractivity contribution in [1.82, 2.24) is 0 Å². The van der Waals surface area contributed by atoms with Crippen LogP contribution in [-0.2, 0) is 8.23 Å². The third kappa shape index (κ3) is 6.71. The molecule has 0 saturated heterocycles. The van der Waals surface area contributed by atoms with E-state index in [1.54, 1.807) is 0 Å². The van der Waals surface area contributed by atoms with Crippen LogP contribution in [0.5, 0.6) is 0 Å². The second-order valence-electron chi connectivity index (χ2n) is 7.41. The molecular weight excluding hydrogens is 344 g/mol. The van der Waals surface area contributed by atoms with Gasteiger partial charge >= 0.3 is 8.56 Å². The maximum absolute atomic E-state index is 7.22. The van der Waals surface area contributed by atoms with E-state index in [4.69, 9.17) is 8.23 Å². The average molecular weight is 391 g/mol. The van der Waals surface area contributed by atoms with E-state index in [9.17, 15) is 0 Å². The van der Waals surface area contributed by atoms with Crippen LogP contribution in [-0.4, -0.2) is 25.2 Å². The summed E-state index contributed by atoms with van der Waals surface area (Å²) < 4.78 is 14.4. The fourth-order valence-corrected chi connectivity index (χ4v) is 20.2. The van der Waals surface area contributed by atoms with Crippen LogP contribution >= 0.6 is 0 Å². The van der Waals surface area contributed by atoms with Crippen LogP contribution < -0.4 is 0 Å². The van der Waals surface area contributed by atoms with Crippen molar-refractivity contribution in [2.24, 2.45) is 0 Å². The highest BCUT2D eigenvalue weighted by molar-refractivity contribution is 6.90. The zero-order valence-corrected chi connectivity index (χ0v) is 21.1. The lowest BCUT2D eigenvalue weighted by Crippen LogP contribution is -2.58. The zero-order valence-electron chi connectivity index (χ0n) is 18.1. The Morgan fingerprint density at radius 1 is 0.500 bits per heavy atom. The van der Waals surface area contributed by atoms with Crippen LogP contribution in [0.2, 0.25) is 48.4 Å². The minimum Gasteiger partial charge on any atom is -0.436 e. The summed E-state index contributed by atoms with van der Waals surface area (Å²) in [5, 5.41) is 0. The summed E-state index contributed by atoms with van der Waals surface area (Å²) in [6.45, 7) is 18.7. The molecule has 0 aromatic rings. The highest BCUT2D eigenvalue weighted by atomic mass is 28.5. The Morgan fingerprint density at radius 2 is 0.875 bits per heavy atom. The molecule has 0 bridgehead atoms. The maximum Gasteiger partial charge on any atom is 0.317 e. The predicted molar refractivity (Wildman–Crippen MR) is 117 cm³/mol. The molecule has 0 aromatic carbocycles. The molecule has 0 fully saturated rings. The lowest BCUT2D eigenvalue weighted by Gasteiger charge is -2.45. The summed E-state index contributed by atoms with van der Waals surface area (Å²) >= 11 is 0. The van der Waals surface area contributed by atoms with E-state index in [0.717, 1.165) is 6.04 Å². The molecule has 0 saturated carbocycles. The standard InChI is InChI=1S/C19H46O2Si3/c1-9-17-18-19-24(16-8,20-22(10-2,11-3)12-4)21-23(13-5,14-6)15-7/h9-19H2,1-8H3. The summed E-state index contributed by atoms with van der Waals surface area (Å²) in [4.78, 5) is 0. The topological polar surface area (TPSA) is 18.5 Å². The number of rotatable bonds is 15.